The minimum atomic E-state index is -0.474. The van der Waals surface area contributed by atoms with Gasteiger partial charge in [-0.1, -0.05) is 59.8 Å². The van der Waals surface area contributed by atoms with Crippen LogP contribution in [0.3, 0.4) is 0 Å². The fourth-order valence-corrected chi connectivity index (χ4v) is 4.35. The summed E-state index contributed by atoms with van der Waals surface area (Å²) in [4.78, 5) is 12.3. The van der Waals surface area contributed by atoms with Crippen LogP contribution in [0, 0.1) is 5.82 Å². The molecule has 0 saturated heterocycles. The Hall–Kier alpha value is -4.45. The van der Waals surface area contributed by atoms with Crippen LogP contribution in [0.25, 0.3) is 21.9 Å². The van der Waals surface area contributed by atoms with E-state index in [-0.39, 0.29) is 5.82 Å². The van der Waals surface area contributed by atoms with E-state index in [2.05, 4.69) is 34.4 Å². The molecule has 0 fully saturated rings. The normalized spacial score (nSPS) is 15.4. The summed E-state index contributed by atoms with van der Waals surface area (Å²) in [6, 6.07) is 26.7. The first kappa shape index (κ1) is 20.2. The van der Waals surface area contributed by atoms with E-state index in [1.54, 1.807) is 30.8 Å². The van der Waals surface area contributed by atoms with Crippen molar-refractivity contribution < 1.29 is 13.6 Å². The fourth-order valence-electron chi connectivity index (χ4n) is 4.35. The third-order valence-electron chi connectivity index (χ3n) is 6.00. The molecule has 6 heteroatoms. The second kappa shape index (κ2) is 8.48. The van der Waals surface area contributed by atoms with E-state index in [4.69, 9.17) is 9.25 Å². The van der Waals surface area contributed by atoms with Gasteiger partial charge < -0.3 is 14.2 Å². The molecule has 5 aromatic rings. The second-order valence-corrected chi connectivity index (χ2v) is 8.10. The highest BCUT2D eigenvalue weighted by molar-refractivity contribution is 5.97. The van der Waals surface area contributed by atoms with Crippen molar-refractivity contribution in [2.24, 2.45) is 5.16 Å². The predicted octanol–water partition coefficient (Wildman–Crippen LogP) is 6.53. The highest BCUT2D eigenvalue weighted by Gasteiger charge is 2.34. The first-order valence-corrected chi connectivity index (χ1v) is 11.0. The lowest BCUT2D eigenvalue weighted by atomic mass is 10.00. The van der Waals surface area contributed by atoms with Crippen LogP contribution in [0.1, 0.15) is 23.1 Å². The highest BCUT2D eigenvalue weighted by Crippen LogP contribution is 2.35. The molecule has 166 valence electrons. The number of fused-ring (bicyclic) bond motifs is 1. The van der Waals surface area contributed by atoms with Gasteiger partial charge in [-0.05, 0) is 52.2 Å². The van der Waals surface area contributed by atoms with Gasteiger partial charge in [-0.25, -0.2) is 4.39 Å². The molecule has 34 heavy (non-hydrogen) atoms. The molecule has 6 rings (SSSR count). The number of oxime groups is 1. The Labute approximate surface area is 195 Å². The second-order valence-electron chi connectivity index (χ2n) is 8.10. The fraction of sp³-hybridized carbons (Fsp3) is 0.0714. The van der Waals surface area contributed by atoms with E-state index in [0.29, 0.717) is 23.7 Å². The molecule has 1 atom stereocenters. The first-order chi connectivity index (χ1) is 16.8. The van der Waals surface area contributed by atoms with Crippen molar-refractivity contribution in [2.75, 3.05) is 0 Å². The largest absolute Gasteiger partial charge is 0.461 e. The van der Waals surface area contributed by atoms with Gasteiger partial charge in [0.1, 0.15) is 5.82 Å². The zero-order valence-corrected chi connectivity index (χ0v) is 18.1. The Kier molecular flexibility index (Phi) is 5.03. The van der Waals surface area contributed by atoms with Crippen LogP contribution in [0.4, 0.5) is 4.39 Å². The molecule has 0 radical (unpaired) electrons. The maximum Gasteiger partial charge on any atom is 0.227 e. The summed E-state index contributed by atoms with van der Waals surface area (Å²) in [6.45, 7) is 0.397. The van der Waals surface area contributed by atoms with E-state index in [9.17, 15) is 4.39 Å². The number of halogens is 1. The molecular formula is C28H20FN3O2. The maximum atomic E-state index is 14.7. The summed E-state index contributed by atoms with van der Waals surface area (Å²) in [6.07, 6.45) is 4.57. The molecule has 0 N–H and O–H groups in total. The molecule has 0 amide bonds. The smallest absolute Gasteiger partial charge is 0.227 e. The molecule has 0 aliphatic carbocycles. The average Bonchev–Trinajstić information content (AvgIpc) is 3.55. The molecule has 0 bridgehead atoms. The zero-order chi connectivity index (χ0) is 22.9. The summed E-state index contributed by atoms with van der Waals surface area (Å²) in [5.41, 5.74) is 3.11. The van der Waals surface area contributed by atoms with Crippen LogP contribution in [-0.4, -0.2) is 15.7 Å². The van der Waals surface area contributed by atoms with Crippen molar-refractivity contribution in [3.8, 4) is 11.1 Å². The topological polar surface area (TPSA) is 50.9 Å². The zero-order valence-electron chi connectivity index (χ0n) is 18.1. The maximum absolute atomic E-state index is 14.7. The van der Waals surface area contributed by atoms with Crippen molar-refractivity contribution in [1.29, 1.82) is 0 Å². The number of pyridine rings is 1. The molecule has 3 aromatic carbocycles. The van der Waals surface area contributed by atoms with E-state index in [1.165, 1.54) is 6.07 Å². The molecule has 2 aromatic heterocycles. The standard InChI is InChI=1S/C28H20FN3O2/c29-25-9-4-3-8-24(25)23-13-14-30-17-22(23)18-32-27(26-10-5-15-33-26)31-34-28(32)21-12-11-19-6-1-2-7-20(19)16-21/h1-17,28H,18H2. The summed E-state index contributed by atoms with van der Waals surface area (Å²) in [7, 11) is 0. The van der Waals surface area contributed by atoms with Gasteiger partial charge >= 0.3 is 0 Å². The van der Waals surface area contributed by atoms with Gasteiger partial charge in [0.2, 0.25) is 12.1 Å². The van der Waals surface area contributed by atoms with Gasteiger partial charge in [-0.2, -0.15) is 0 Å². The van der Waals surface area contributed by atoms with Gasteiger partial charge in [-0.15, -0.1) is 0 Å². The molecule has 1 aliphatic rings. The minimum Gasteiger partial charge on any atom is -0.461 e. The SMILES string of the molecule is Fc1ccccc1-c1ccncc1CN1C(c2ccco2)=NOC1c1ccc2ccccc2c1. The van der Waals surface area contributed by atoms with Gasteiger partial charge in [0.05, 0.1) is 12.8 Å². The van der Waals surface area contributed by atoms with Crippen molar-refractivity contribution in [2.45, 2.75) is 12.8 Å². The molecule has 0 spiro atoms. The first-order valence-electron chi connectivity index (χ1n) is 11.0. The molecule has 5 nitrogen and oxygen atoms in total. The van der Waals surface area contributed by atoms with Gasteiger partial charge in [0, 0.05) is 23.5 Å². The number of hydrogen-bond acceptors (Lipinski definition) is 5. The van der Waals surface area contributed by atoms with Crippen LogP contribution in [0.15, 0.2) is 113 Å². The Morgan fingerprint density at radius 1 is 0.853 bits per heavy atom. The number of furan rings is 1. The van der Waals surface area contributed by atoms with Gasteiger partial charge in [0.15, 0.2) is 5.76 Å². The van der Waals surface area contributed by atoms with Gasteiger partial charge in [0.25, 0.3) is 0 Å². The minimum absolute atomic E-state index is 0.279. The molecule has 1 unspecified atom stereocenters. The van der Waals surface area contributed by atoms with Crippen LogP contribution < -0.4 is 0 Å². The average molecular weight is 449 g/mol. The quantitative estimate of drug-likeness (QED) is 0.306. The van der Waals surface area contributed by atoms with Crippen LogP contribution in [0.2, 0.25) is 0 Å². The number of rotatable bonds is 5. The molecule has 3 heterocycles. The lowest BCUT2D eigenvalue weighted by Crippen LogP contribution is -2.31. The Morgan fingerprint density at radius 3 is 2.56 bits per heavy atom. The Balaban J connectivity index is 1.42. The number of nitrogens with zero attached hydrogens (tertiary/aromatic N) is 3. The third kappa shape index (κ3) is 3.59. The number of aromatic nitrogens is 1. The van der Waals surface area contributed by atoms with Crippen molar-refractivity contribution in [3.05, 3.63) is 126 Å². The predicted molar refractivity (Wildman–Crippen MR) is 128 cm³/mol. The Bertz CT molecular complexity index is 1500. The van der Waals surface area contributed by atoms with Crippen molar-refractivity contribution >= 4 is 16.6 Å². The molecular weight excluding hydrogens is 429 g/mol. The number of amidine groups is 1. The lowest BCUT2D eigenvalue weighted by molar-refractivity contribution is 0.00584. The van der Waals surface area contributed by atoms with Crippen molar-refractivity contribution in [1.82, 2.24) is 9.88 Å². The van der Waals surface area contributed by atoms with E-state index in [0.717, 1.165) is 27.5 Å². The monoisotopic (exact) mass is 449 g/mol. The summed E-state index contributed by atoms with van der Waals surface area (Å²) in [5.74, 6) is 0.893. The van der Waals surface area contributed by atoms with Crippen molar-refractivity contribution in [3.63, 3.8) is 0 Å². The van der Waals surface area contributed by atoms with E-state index in [1.807, 2.05) is 47.4 Å². The molecule has 1 aliphatic heterocycles. The Morgan fingerprint density at radius 2 is 1.71 bits per heavy atom. The third-order valence-corrected chi connectivity index (χ3v) is 6.00. The van der Waals surface area contributed by atoms with Crippen LogP contribution >= 0.6 is 0 Å². The van der Waals surface area contributed by atoms with E-state index >= 15 is 0 Å². The summed E-state index contributed by atoms with van der Waals surface area (Å²) in [5, 5.41) is 6.63. The van der Waals surface area contributed by atoms with Crippen LogP contribution in [0.5, 0.6) is 0 Å². The summed E-state index contributed by atoms with van der Waals surface area (Å²) < 4.78 is 20.3. The van der Waals surface area contributed by atoms with Crippen LogP contribution in [-0.2, 0) is 11.4 Å². The summed E-state index contributed by atoms with van der Waals surface area (Å²) >= 11 is 0. The molecule has 0 saturated carbocycles. The van der Waals surface area contributed by atoms with E-state index < -0.39 is 6.23 Å². The number of benzene rings is 3. The van der Waals surface area contributed by atoms with Gasteiger partial charge in [-0.3, -0.25) is 4.98 Å². The lowest BCUT2D eigenvalue weighted by Gasteiger charge is -2.26. The number of hydrogen-bond donors (Lipinski definition) is 0. The highest BCUT2D eigenvalue weighted by atomic mass is 19.1.